The molecule has 2 rings (SSSR count). The van der Waals surface area contributed by atoms with Gasteiger partial charge in [-0.1, -0.05) is 17.7 Å². The van der Waals surface area contributed by atoms with E-state index in [1.54, 1.807) is 25.1 Å². The summed E-state index contributed by atoms with van der Waals surface area (Å²) in [5.41, 5.74) is 3.42. The lowest BCUT2D eigenvalue weighted by atomic mass is 10.2. The fraction of sp³-hybridized carbons (Fsp3) is 0.0833. The second-order valence-electron chi connectivity index (χ2n) is 4.04. The second kappa shape index (κ2) is 5.66. The van der Waals surface area contributed by atoms with Crippen molar-refractivity contribution in [1.82, 2.24) is 4.98 Å². The van der Waals surface area contributed by atoms with Crippen LogP contribution in [0.25, 0.3) is 0 Å². The van der Waals surface area contributed by atoms with Gasteiger partial charge in [-0.2, -0.15) is 0 Å². The average molecular weight is 313 g/mol. The minimum absolute atomic E-state index is 0.0378. The number of sulfonamides is 1. The van der Waals surface area contributed by atoms with Crippen LogP contribution < -0.4 is 16.0 Å². The lowest BCUT2D eigenvalue weighted by Crippen LogP contribution is -2.15. The molecule has 0 amide bonds. The number of anilines is 2. The summed E-state index contributed by atoms with van der Waals surface area (Å²) in [6.45, 7) is 1.74. The van der Waals surface area contributed by atoms with Crippen molar-refractivity contribution in [2.75, 3.05) is 10.1 Å². The first-order chi connectivity index (χ1) is 9.44. The molecule has 0 saturated carbocycles. The van der Waals surface area contributed by atoms with Crippen LogP contribution >= 0.6 is 11.6 Å². The van der Waals surface area contributed by atoms with E-state index in [1.807, 2.05) is 0 Å². The number of hydrogen-bond acceptors (Lipinski definition) is 5. The van der Waals surface area contributed by atoms with Crippen LogP contribution in [0.3, 0.4) is 0 Å². The smallest absolute Gasteiger partial charge is 0.263 e. The first-order valence-corrected chi connectivity index (χ1v) is 7.51. The minimum Gasteiger partial charge on any atom is -0.308 e. The monoisotopic (exact) mass is 312 g/mol. The number of nitrogens with two attached hydrogens (primary N) is 1. The van der Waals surface area contributed by atoms with E-state index in [4.69, 9.17) is 17.4 Å². The van der Waals surface area contributed by atoms with Crippen molar-refractivity contribution in [3.63, 3.8) is 0 Å². The maximum atomic E-state index is 12.2. The fourth-order valence-electron chi connectivity index (χ4n) is 1.55. The van der Waals surface area contributed by atoms with Gasteiger partial charge in [0.2, 0.25) is 0 Å². The van der Waals surface area contributed by atoms with Crippen molar-refractivity contribution in [1.29, 1.82) is 0 Å². The number of nitrogens with one attached hydrogen (secondary N) is 2. The molecule has 1 aromatic carbocycles. The summed E-state index contributed by atoms with van der Waals surface area (Å²) < 4.78 is 26.9. The van der Waals surface area contributed by atoms with Crippen LogP contribution in [0.2, 0.25) is 5.02 Å². The van der Waals surface area contributed by atoms with E-state index in [1.165, 1.54) is 18.3 Å². The van der Waals surface area contributed by atoms with Gasteiger partial charge in [-0.05, 0) is 36.8 Å². The maximum absolute atomic E-state index is 12.2. The van der Waals surface area contributed by atoms with Crippen LogP contribution in [0.15, 0.2) is 41.4 Å². The third-order valence-corrected chi connectivity index (χ3v) is 4.47. The van der Waals surface area contributed by atoms with Crippen molar-refractivity contribution < 1.29 is 8.42 Å². The van der Waals surface area contributed by atoms with Crippen LogP contribution in [0, 0.1) is 6.92 Å². The van der Waals surface area contributed by atoms with Crippen LogP contribution in [0.1, 0.15) is 5.56 Å². The number of pyridine rings is 1. The summed E-state index contributed by atoms with van der Waals surface area (Å²) >= 11 is 5.96. The van der Waals surface area contributed by atoms with E-state index in [-0.39, 0.29) is 4.90 Å². The fourth-order valence-corrected chi connectivity index (χ4v) is 2.79. The molecule has 1 aromatic heterocycles. The number of hydrogen-bond donors (Lipinski definition) is 3. The molecular weight excluding hydrogens is 300 g/mol. The molecule has 2 aromatic rings. The van der Waals surface area contributed by atoms with Crippen LogP contribution in [-0.2, 0) is 10.0 Å². The number of hydrazine groups is 1. The second-order valence-corrected chi connectivity index (χ2v) is 6.13. The Hall–Kier alpha value is -1.83. The molecule has 6 nitrogen and oxygen atoms in total. The number of aromatic nitrogens is 1. The summed E-state index contributed by atoms with van der Waals surface area (Å²) in [5, 5.41) is 0.492. The number of rotatable bonds is 4. The first-order valence-electron chi connectivity index (χ1n) is 5.64. The van der Waals surface area contributed by atoms with Crippen LogP contribution in [-0.4, -0.2) is 13.4 Å². The summed E-state index contributed by atoms with van der Waals surface area (Å²) in [7, 11) is -3.72. The molecule has 0 unspecified atom stereocenters. The normalized spacial score (nSPS) is 11.2. The van der Waals surface area contributed by atoms with Crippen molar-refractivity contribution in [3.05, 3.63) is 47.1 Å². The molecule has 0 bridgehead atoms. The molecule has 20 heavy (non-hydrogen) atoms. The Labute approximate surface area is 122 Å². The van der Waals surface area contributed by atoms with Gasteiger partial charge in [-0.15, -0.1) is 0 Å². The molecule has 0 aliphatic heterocycles. The molecule has 0 radical (unpaired) electrons. The quantitative estimate of drug-likeness (QED) is 0.593. The summed E-state index contributed by atoms with van der Waals surface area (Å²) in [6.07, 6.45) is 1.22. The Morgan fingerprint density at radius 3 is 2.60 bits per heavy atom. The number of benzene rings is 1. The van der Waals surface area contributed by atoms with Gasteiger partial charge in [0.25, 0.3) is 10.0 Å². The van der Waals surface area contributed by atoms with E-state index in [2.05, 4.69) is 15.1 Å². The molecule has 0 fully saturated rings. The highest BCUT2D eigenvalue weighted by molar-refractivity contribution is 7.92. The van der Waals surface area contributed by atoms with Gasteiger partial charge in [0.1, 0.15) is 10.7 Å². The average Bonchev–Trinajstić information content (AvgIpc) is 2.44. The van der Waals surface area contributed by atoms with Gasteiger partial charge in [0.05, 0.1) is 5.69 Å². The topological polar surface area (TPSA) is 97.1 Å². The highest BCUT2D eigenvalue weighted by atomic mass is 35.5. The Morgan fingerprint density at radius 1 is 1.25 bits per heavy atom. The summed E-state index contributed by atoms with van der Waals surface area (Å²) in [4.78, 5) is 3.90. The molecule has 1 heterocycles. The van der Waals surface area contributed by atoms with Crippen LogP contribution in [0.5, 0.6) is 0 Å². The van der Waals surface area contributed by atoms with Crippen molar-refractivity contribution in [2.45, 2.75) is 11.8 Å². The van der Waals surface area contributed by atoms with Gasteiger partial charge in [-0.25, -0.2) is 19.2 Å². The maximum Gasteiger partial charge on any atom is 0.263 e. The van der Waals surface area contributed by atoms with Gasteiger partial charge in [-0.3, -0.25) is 4.72 Å². The first kappa shape index (κ1) is 14.6. The van der Waals surface area contributed by atoms with Gasteiger partial charge in [0, 0.05) is 11.2 Å². The number of nitrogen functional groups attached to an aromatic ring is 1. The van der Waals surface area contributed by atoms with E-state index < -0.39 is 10.0 Å². The predicted octanol–water partition coefficient (Wildman–Crippen LogP) is 2.13. The van der Waals surface area contributed by atoms with Gasteiger partial charge >= 0.3 is 0 Å². The predicted molar refractivity (Wildman–Crippen MR) is 79.0 cm³/mol. The zero-order valence-electron chi connectivity index (χ0n) is 10.6. The van der Waals surface area contributed by atoms with E-state index in [0.717, 1.165) is 0 Å². The molecule has 0 atom stereocenters. The van der Waals surface area contributed by atoms with E-state index in [9.17, 15) is 8.42 Å². The lowest BCUT2D eigenvalue weighted by molar-refractivity contribution is 0.601. The number of nitrogens with zero attached hydrogens (tertiary/aromatic N) is 1. The summed E-state index contributed by atoms with van der Waals surface area (Å²) in [6, 6.07) is 7.89. The Balaban J connectivity index is 2.33. The van der Waals surface area contributed by atoms with E-state index in [0.29, 0.717) is 22.1 Å². The SMILES string of the molecule is Cc1c(Cl)cccc1NS(=O)(=O)c1ccc(NN)nc1. The molecule has 0 aliphatic carbocycles. The molecular formula is C12H13ClN4O2S. The molecule has 106 valence electrons. The van der Waals surface area contributed by atoms with Gasteiger partial charge in [0.15, 0.2) is 0 Å². The highest BCUT2D eigenvalue weighted by Gasteiger charge is 2.16. The Kier molecular flexibility index (Phi) is 4.12. The zero-order valence-corrected chi connectivity index (χ0v) is 12.2. The molecule has 0 aliphatic rings. The Bertz CT molecular complexity index is 717. The van der Waals surface area contributed by atoms with Gasteiger partial charge < -0.3 is 5.43 Å². The minimum atomic E-state index is -3.72. The van der Waals surface area contributed by atoms with Crippen molar-refractivity contribution in [2.24, 2.45) is 5.84 Å². The third-order valence-electron chi connectivity index (χ3n) is 2.71. The van der Waals surface area contributed by atoms with Crippen LogP contribution in [0.4, 0.5) is 11.5 Å². The molecule has 0 saturated heterocycles. The number of halogens is 1. The third kappa shape index (κ3) is 3.01. The lowest BCUT2D eigenvalue weighted by Gasteiger charge is -2.11. The largest absolute Gasteiger partial charge is 0.308 e. The van der Waals surface area contributed by atoms with Crippen molar-refractivity contribution >= 4 is 33.1 Å². The zero-order chi connectivity index (χ0) is 14.8. The Morgan fingerprint density at radius 2 is 2.00 bits per heavy atom. The highest BCUT2D eigenvalue weighted by Crippen LogP contribution is 2.25. The molecule has 8 heteroatoms. The summed E-state index contributed by atoms with van der Waals surface area (Å²) in [5.74, 6) is 5.55. The van der Waals surface area contributed by atoms with Crippen molar-refractivity contribution in [3.8, 4) is 0 Å². The molecule has 0 spiro atoms. The standard InChI is InChI=1S/C12H13ClN4O2S/c1-8-10(13)3-2-4-11(8)17-20(18,19)9-5-6-12(16-14)15-7-9/h2-7,17H,14H2,1H3,(H,15,16). The van der Waals surface area contributed by atoms with E-state index >= 15 is 0 Å². The molecule has 4 N–H and O–H groups in total.